The van der Waals surface area contributed by atoms with E-state index < -0.39 is 11.8 Å². The maximum Gasteiger partial charge on any atom is 0.270 e. The minimum absolute atomic E-state index is 0.101. The van der Waals surface area contributed by atoms with Crippen LogP contribution in [0.1, 0.15) is 18.1 Å². The zero-order valence-corrected chi connectivity index (χ0v) is 23.9. The van der Waals surface area contributed by atoms with Gasteiger partial charge >= 0.3 is 0 Å². The summed E-state index contributed by atoms with van der Waals surface area (Å²) in [6.07, 6.45) is 1.44. The summed E-state index contributed by atoms with van der Waals surface area (Å²) >= 11 is 27.2. The summed E-state index contributed by atoms with van der Waals surface area (Å²) in [5.74, 6) is -0.359. The van der Waals surface area contributed by atoms with Gasteiger partial charge in [0.1, 0.15) is 12.2 Å². The van der Waals surface area contributed by atoms with Gasteiger partial charge in [0.25, 0.3) is 11.8 Å². The van der Waals surface area contributed by atoms with E-state index in [-0.39, 0.29) is 33.0 Å². The first-order chi connectivity index (χ1) is 17.7. The number of carbonyl (C=O) groups is 2. The average molecular weight is 641 g/mol. The third-order valence-electron chi connectivity index (χ3n) is 5.24. The molecule has 3 aromatic carbocycles. The fourth-order valence-corrected chi connectivity index (χ4v) is 4.70. The van der Waals surface area contributed by atoms with Crippen molar-refractivity contribution in [2.75, 3.05) is 11.5 Å². The standard InChI is InChI=1S/C26H18BrCl3N2O4S/c1-2-35-21-11-15(18(27)12-22(21)36-13-14-6-8-16(28)9-7-14)10-17-24(33)31-26(37)32(25(17)34)20-5-3-4-19(29)23(20)30/h3-12H,2,13H2,1H3,(H,31,33,37)/b17-10+. The Morgan fingerprint density at radius 1 is 1.03 bits per heavy atom. The number of hydrogen-bond donors (Lipinski definition) is 1. The second-order valence-electron chi connectivity index (χ2n) is 7.70. The zero-order chi connectivity index (χ0) is 26.7. The molecule has 1 heterocycles. The second-order valence-corrected chi connectivity index (χ2v) is 10.2. The summed E-state index contributed by atoms with van der Waals surface area (Å²) in [4.78, 5) is 27.3. The first-order valence-corrected chi connectivity index (χ1v) is 13.2. The number of thiocarbonyl (C=S) groups is 1. The molecule has 1 aliphatic rings. The molecule has 0 radical (unpaired) electrons. The van der Waals surface area contributed by atoms with Crippen molar-refractivity contribution in [1.29, 1.82) is 0 Å². The van der Waals surface area contributed by atoms with Crippen LogP contribution in [0.15, 0.2) is 64.6 Å². The van der Waals surface area contributed by atoms with Crippen LogP contribution in [0.25, 0.3) is 6.08 Å². The highest BCUT2D eigenvalue weighted by atomic mass is 79.9. The molecular weight excluding hydrogens is 623 g/mol. The maximum atomic E-state index is 13.4. The Kier molecular flexibility index (Phi) is 8.77. The van der Waals surface area contributed by atoms with Crippen molar-refractivity contribution in [1.82, 2.24) is 5.32 Å². The summed E-state index contributed by atoms with van der Waals surface area (Å²) in [6.45, 7) is 2.51. The van der Waals surface area contributed by atoms with Gasteiger partial charge < -0.3 is 9.47 Å². The number of hydrogen-bond acceptors (Lipinski definition) is 5. The zero-order valence-electron chi connectivity index (χ0n) is 19.2. The van der Waals surface area contributed by atoms with Crippen LogP contribution < -0.4 is 19.7 Å². The Hall–Kier alpha value is -2.62. The Labute approximate surface area is 242 Å². The van der Waals surface area contributed by atoms with E-state index in [9.17, 15) is 9.59 Å². The molecule has 1 fully saturated rings. The molecule has 0 aromatic heterocycles. The van der Waals surface area contributed by atoms with Crippen LogP contribution in [0, 0.1) is 0 Å². The van der Waals surface area contributed by atoms with Crippen LogP contribution in [0.3, 0.4) is 0 Å². The smallest absolute Gasteiger partial charge is 0.270 e. The van der Waals surface area contributed by atoms with E-state index in [2.05, 4.69) is 21.2 Å². The monoisotopic (exact) mass is 638 g/mol. The van der Waals surface area contributed by atoms with Crippen LogP contribution >= 0.6 is 63.0 Å². The van der Waals surface area contributed by atoms with Crippen molar-refractivity contribution in [3.8, 4) is 11.5 Å². The lowest BCUT2D eigenvalue weighted by molar-refractivity contribution is -0.122. The molecule has 0 atom stereocenters. The molecule has 37 heavy (non-hydrogen) atoms. The average Bonchev–Trinajstić information content (AvgIpc) is 2.86. The molecule has 190 valence electrons. The first-order valence-electron chi connectivity index (χ1n) is 10.9. The van der Waals surface area contributed by atoms with Gasteiger partial charge in [-0.15, -0.1) is 0 Å². The lowest BCUT2D eigenvalue weighted by atomic mass is 10.1. The molecule has 0 unspecified atom stereocenters. The van der Waals surface area contributed by atoms with E-state index in [1.54, 1.807) is 42.5 Å². The molecule has 6 nitrogen and oxygen atoms in total. The number of ether oxygens (including phenoxy) is 2. The Bertz CT molecular complexity index is 1430. The molecule has 2 amide bonds. The topological polar surface area (TPSA) is 67.9 Å². The van der Waals surface area contributed by atoms with Gasteiger partial charge in [-0.25, -0.2) is 0 Å². The van der Waals surface area contributed by atoms with E-state index in [1.807, 2.05) is 19.1 Å². The molecule has 1 N–H and O–H groups in total. The van der Waals surface area contributed by atoms with Gasteiger partial charge in [0.05, 0.1) is 22.3 Å². The van der Waals surface area contributed by atoms with Gasteiger partial charge in [0.2, 0.25) is 0 Å². The molecule has 1 saturated heterocycles. The van der Waals surface area contributed by atoms with Gasteiger partial charge in [-0.2, -0.15) is 0 Å². The van der Waals surface area contributed by atoms with E-state index in [1.165, 1.54) is 6.08 Å². The van der Waals surface area contributed by atoms with E-state index in [0.717, 1.165) is 10.5 Å². The third kappa shape index (κ3) is 6.10. The van der Waals surface area contributed by atoms with Crippen LogP contribution in [0.2, 0.25) is 15.1 Å². The van der Waals surface area contributed by atoms with Gasteiger partial charge in [-0.05, 0) is 72.7 Å². The molecule has 4 rings (SSSR count). The number of halogens is 4. The molecule has 3 aromatic rings. The number of nitrogens with zero attached hydrogens (tertiary/aromatic N) is 1. The largest absolute Gasteiger partial charge is 0.490 e. The van der Waals surface area contributed by atoms with Crippen LogP contribution in [-0.4, -0.2) is 23.5 Å². The maximum absolute atomic E-state index is 13.4. The Balaban J connectivity index is 1.68. The van der Waals surface area contributed by atoms with E-state index in [0.29, 0.717) is 33.2 Å². The minimum Gasteiger partial charge on any atom is -0.490 e. The number of benzene rings is 3. The molecular formula is C26H18BrCl3N2O4S. The molecule has 1 aliphatic heterocycles. The number of rotatable bonds is 7. The van der Waals surface area contributed by atoms with Crippen LogP contribution in [0.5, 0.6) is 11.5 Å². The van der Waals surface area contributed by atoms with Crippen molar-refractivity contribution in [3.05, 3.63) is 90.8 Å². The Morgan fingerprint density at radius 3 is 2.43 bits per heavy atom. The first kappa shape index (κ1) is 27.4. The van der Waals surface area contributed by atoms with Gasteiger partial charge in [0.15, 0.2) is 16.6 Å². The highest BCUT2D eigenvalue weighted by Gasteiger charge is 2.36. The lowest BCUT2D eigenvalue weighted by Crippen LogP contribution is -2.54. The summed E-state index contributed by atoms with van der Waals surface area (Å²) in [7, 11) is 0. The molecule has 11 heteroatoms. The van der Waals surface area contributed by atoms with Crippen LogP contribution in [-0.2, 0) is 16.2 Å². The fourth-order valence-electron chi connectivity index (χ4n) is 3.48. The van der Waals surface area contributed by atoms with Crippen molar-refractivity contribution < 1.29 is 19.1 Å². The van der Waals surface area contributed by atoms with Crippen molar-refractivity contribution in [2.24, 2.45) is 0 Å². The predicted octanol–water partition coefficient (Wildman–Crippen LogP) is 7.22. The summed E-state index contributed by atoms with van der Waals surface area (Å²) in [5.41, 5.74) is 1.55. The third-order valence-corrected chi connectivity index (χ3v) is 7.28. The van der Waals surface area contributed by atoms with E-state index >= 15 is 0 Å². The molecule has 0 bridgehead atoms. The number of nitrogens with one attached hydrogen (secondary N) is 1. The summed E-state index contributed by atoms with van der Waals surface area (Å²) in [6, 6.07) is 15.5. The van der Waals surface area contributed by atoms with E-state index in [4.69, 9.17) is 56.5 Å². The molecule has 0 saturated carbocycles. The number of anilines is 1. The number of carbonyl (C=O) groups excluding carboxylic acids is 2. The molecule has 0 spiro atoms. The highest BCUT2D eigenvalue weighted by molar-refractivity contribution is 9.10. The lowest BCUT2D eigenvalue weighted by Gasteiger charge is -2.29. The summed E-state index contributed by atoms with van der Waals surface area (Å²) in [5, 5.41) is 3.45. The van der Waals surface area contributed by atoms with Crippen molar-refractivity contribution >= 4 is 91.6 Å². The predicted molar refractivity (Wildman–Crippen MR) is 154 cm³/mol. The minimum atomic E-state index is -0.647. The molecule has 0 aliphatic carbocycles. The second kappa shape index (κ2) is 11.8. The van der Waals surface area contributed by atoms with Crippen LogP contribution in [0.4, 0.5) is 5.69 Å². The normalized spacial score (nSPS) is 14.7. The fraction of sp³-hybridized carbons (Fsp3) is 0.115. The van der Waals surface area contributed by atoms with Gasteiger partial charge in [-0.3, -0.25) is 19.8 Å². The SMILES string of the molecule is CCOc1cc(/C=C2\C(=O)NC(=S)N(c3cccc(Cl)c3Cl)C2=O)c(Br)cc1OCc1ccc(Cl)cc1. The van der Waals surface area contributed by atoms with Crippen molar-refractivity contribution in [3.63, 3.8) is 0 Å². The Morgan fingerprint density at radius 2 is 1.73 bits per heavy atom. The quantitative estimate of drug-likeness (QED) is 0.168. The van der Waals surface area contributed by atoms with Gasteiger partial charge in [0, 0.05) is 9.50 Å². The van der Waals surface area contributed by atoms with Gasteiger partial charge in [-0.1, -0.05) is 68.9 Å². The number of amides is 2. The summed E-state index contributed by atoms with van der Waals surface area (Å²) < 4.78 is 12.3. The highest BCUT2D eigenvalue weighted by Crippen LogP contribution is 2.37. The van der Waals surface area contributed by atoms with Crippen molar-refractivity contribution in [2.45, 2.75) is 13.5 Å².